The molecule has 29 heavy (non-hydrogen) atoms. The van der Waals surface area contributed by atoms with Gasteiger partial charge in [-0.2, -0.15) is 0 Å². The lowest BCUT2D eigenvalue weighted by atomic mass is 10.0. The van der Waals surface area contributed by atoms with Gasteiger partial charge < -0.3 is 21.4 Å². The van der Waals surface area contributed by atoms with Crippen LogP contribution in [0.15, 0.2) is 67.0 Å². The first-order valence-electron chi connectivity index (χ1n) is 8.71. The number of benzene rings is 2. The molecule has 4 aromatic rings. The second kappa shape index (κ2) is 7.65. The fraction of sp³-hybridized carbons (Fsp3) is 0. The molecule has 0 radical (unpaired) electrons. The van der Waals surface area contributed by atoms with Gasteiger partial charge in [-0.25, -0.2) is 4.79 Å². The van der Waals surface area contributed by atoms with Crippen molar-refractivity contribution in [3.8, 4) is 11.1 Å². The third-order valence-electron chi connectivity index (χ3n) is 4.36. The van der Waals surface area contributed by atoms with Crippen molar-refractivity contribution in [3.63, 3.8) is 0 Å². The van der Waals surface area contributed by atoms with Crippen LogP contribution in [0.3, 0.4) is 0 Å². The molecule has 2 heterocycles. The maximum Gasteiger partial charge on any atom is 0.323 e. The van der Waals surface area contributed by atoms with Crippen LogP contribution < -0.4 is 16.4 Å². The number of rotatable bonds is 4. The molecule has 0 aliphatic rings. The van der Waals surface area contributed by atoms with E-state index in [2.05, 4.69) is 20.6 Å². The van der Waals surface area contributed by atoms with Gasteiger partial charge in [0.1, 0.15) is 5.69 Å². The molecule has 144 valence electrons. The van der Waals surface area contributed by atoms with Gasteiger partial charge in [0.05, 0.1) is 11.7 Å². The summed E-state index contributed by atoms with van der Waals surface area (Å²) >= 11 is 5.92. The topological polar surface area (TPSA) is 113 Å². The molecular weight excluding hydrogens is 390 g/mol. The average Bonchev–Trinajstić information content (AvgIpc) is 3.08. The van der Waals surface area contributed by atoms with E-state index in [1.54, 1.807) is 48.8 Å². The molecule has 0 spiro atoms. The summed E-state index contributed by atoms with van der Waals surface area (Å²) in [5.74, 6) is -0.556. The minimum atomic E-state index is -0.556. The number of nitrogens with two attached hydrogens (primary N) is 1. The number of hydrogen-bond donors (Lipinski definition) is 4. The van der Waals surface area contributed by atoms with E-state index in [1.807, 2.05) is 18.2 Å². The van der Waals surface area contributed by atoms with Crippen molar-refractivity contribution in [1.82, 2.24) is 9.97 Å². The number of pyridine rings is 1. The third-order valence-corrected chi connectivity index (χ3v) is 4.60. The lowest BCUT2D eigenvalue weighted by Gasteiger charge is -2.09. The molecule has 0 unspecified atom stereocenters. The second-order valence-electron chi connectivity index (χ2n) is 6.33. The van der Waals surface area contributed by atoms with Crippen molar-refractivity contribution in [1.29, 1.82) is 0 Å². The smallest absolute Gasteiger partial charge is 0.323 e. The first-order chi connectivity index (χ1) is 14.0. The molecule has 0 bridgehead atoms. The summed E-state index contributed by atoms with van der Waals surface area (Å²) in [5.41, 5.74) is 9.23. The van der Waals surface area contributed by atoms with E-state index in [0.717, 1.165) is 16.5 Å². The zero-order valence-corrected chi connectivity index (χ0v) is 15.8. The number of urea groups is 1. The number of amides is 3. The van der Waals surface area contributed by atoms with Gasteiger partial charge >= 0.3 is 6.03 Å². The van der Waals surface area contributed by atoms with E-state index in [1.165, 1.54) is 0 Å². The first kappa shape index (κ1) is 18.5. The Kier molecular flexibility index (Phi) is 4.88. The molecule has 0 aliphatic heterocycles. The second-order valence-corrected chi connectivity index (χ2v) is 6.76. The number of halogens is 1. The van der Waals surface area contributed by atoms with Crippen molar-refractivity contribution in [2.24, 2.45) is 5.73 Å². The molecule has 0 aliphatic carbocycles. The highest BCUT2D eigenvalue weighted by molar-refractivity contribution is 6.30. The fourth-order valence-electron chi connectivity index (χ4n) is 3.11. The molecule has 4 rings (SSSR count). The number of carbonyl (C=O) groups is 2. The zero-order valence-electron chi connectivity index (χ0n) is 15.1. The van der Waals surface area contributed by atoms with E-state index in [-0.39, 0.29) is 0 Å². The number of nitrogens with one attached hydrogen (secondary N) is 3. The van der Waals surface area contributed by atoms with E-state index in [4.69, 9.17) is 17.3 Å². The summed E-state index contributed by atoms with van der Waals surface area (Å²) in [7, 11) is 0. The van der Waals surface area contributed by atoms with Crippen LogP contribution in [0.25, 0.3) is 22.0 Å². The van der Waals surface area contributed by atoms with E-state index in [9.17, 15) is 9.59 Å². The zero-order chi connectivity index (χ0) is 20.4. The van der Waals surface area contributed by atoms with Gasteiger partial charge in [0.15, 0.2) is 0 Å². The van der Waals surface area contributed by atoms with Crippen LogP contribution >= 0.6 is 11.6 Å². The summed E-state index contributed by atoms with van der Waals surface area (Å²) in [4.78, 5) is 31.1. The number of H-pyrrole nitrogens is 1. The minimum Gasteiger partial charge on any atom is -0.364 e. The number of primary amides is 1. The largest absolute Gasteiger partial charge is 0.364 e. The molecule has 3 amide bonds. The summed E-state index contributed by atoms with van der Waals surface area (Å²) in [5, 5.41) is 6.84. The number of fused-ring (bicyclic) bond motifs is 1. The Hall–Kier alpha value is -3.84. The van der Waals surface area contributed by atoms with Crippen molar-refractivity contribution in [2.75, 3.05) is 10.6 Å². The highest BCUT2D eigenvalue weighted by Gasteiger charge is 2.17. The molecule has 0 saturated heterocycles. The number of aromatic amines is 1. The van der Waals surface area contributed by atoms with Gasteiger partial charge in [-0.3, -0.25) is 9.78 Å². The van der Waals surface area contributed by atoms with Crippen LogP contribution in [0, 0.1) is 0 Å². The summed E-state index contributed by atoms with van der Waals surface area (Å²) in [6.45, 7) is 0. The Morgan fingerprint density at radius 3 is 2.48 bits per heavy atom. The van der Waals surface area contributed by atoms with E-state index in [0.29, 0.717) is 27.7 Å². The maximum atomic E-state index is 12.2. The fourth-order valence-corrected chi connectivity index (χ4v) is 3.30. The van der Waals surface area contributed by atoms with Gasteiger partial charge in [0.2, 0.25) is 0 Å². The van der Waals surface area contributed by atoms with Crippen molar-refractivity contribution in [2.45, 2.75) is 0 Å². The molecule has 5 N–H and O–H groups in total. The molecule has 2 aromatic carbocycles. The molecular formula is C21H16ClN5O2. The Morgan fingerprint density at radius 2 is 1.76 bits per heavy atom. The first-order valence-corrected chi connectivity index (χ1v) is 9.08. The summed E-state index contributed by atoms with van der Waals surface area (Å²) in [6, 6.07) is 15.4. The normalized spacial score (nSPS) is 10.7. The van der Waals surface area contributed by atoms with E-state index < -0.39 is 11.9 Å². The van der Waals surface area contributed by atoms with Crippen LogP contribution in [0.2, 0.25) is 5.02 Å². The monoisotopic (exact) mass is 405 g/mol. The molecule has 2 aromatic heterocycles. The molecule has 8 heteroatoms. The maximum absolute atomic E-state index is 12.2. The Bertz CT molecular complexity index is 1220. The summed E-state index contributed by atoms with van der Waals surface area (Å²) in [6.07, 6.45) is 3.29. The molecule has 0 fully saturated rings. The van der Waals surface area contributed by atoms with Gasteiger partial charge in [-0.1, -0.05) is 29.8 Å². The van der Waals surface area contributed by atoms with Crippen LogP contribution in [0.4, 0.5) is 16.2 Å². The highest BCUT2D eigenvalue weighted by atomic mass is 35.5. The quantitative estimate of drug-likeness (QED) is 0.397. The standard InChI is InChI=1S/C21H16ClN5O2/c22-13-2-1-3-15(10-13)26-21(29)25-14-6-4-12(5-7-14)18-16-8-9-24-11-17(16)27-19(18)20(23)28/h1-11,27H,(H2,23,28)(H2,25,26,29). The van der Waals surface area contributed by atoms with Crippen molar-refractivity contribution in [3.05, 3.63) is 77.7 Å². The van der Waals surface area contributed by atoms with Crippen LogP contribution in [-0.4, -0.2) is 21.9 Å². The van der Waals surface area contributed by atoms with Gasteiger partial charge in [0, 0.05) is 33.5 Å². The number of aromatic nitrogens is 2. The third kappa shape index (κ3) is 3.90. The Morgan fingerprint density at radius 1 is 1.00 bits per heavy atom. The predicted molar refractivity (Wildman–Crippen MR) is 114 cm³/mol. The predicted octanol–water partition coefficient (Wildman–Crippen LogP) is 4.63. The average molecular weight is 406 g/mol. The molecule has 7 nitrogen and oxygen atoms in total. The minimum absolute atomic E-state index is 0.312. The van der Waals surface area contributed by atoms with Crippen molar-refractivity contribution >= 4 is 45.8 Å². The lowest BCUT2D eigenvalue weighted by molar-refractivity contribution is 0.0997. The van der Waals surface area contributed by atoms with E-state index >= 15 is 0 Å². The van der Waals surface area contributed by atoms with Gasteiger partial charge in [-0.05, 0) is 42.0 Å². The van der Waals surface area contributed by atoms with Gasteiger partial charge in [-0.15, -0.1) is 0 Å². The SMILES string of the molecule is NC(=O)c1[nH]c2cnccc2c1-c1ccc(NC(=O)Nc2cccc(Cl)c2)cc1. The van der Waals surface area contributed by atoms with Crippen molar-refractivity contribution < 1.29 is 9.59 Å². The Labute approximate surface area is 170 Å². The van der Waals surface area contributed by atoms with Crippen LogP contribution in [0.1, 0.15) is 10.5 Å². The highest BCUT2D eigenvalue weighted by Crippen LogP contribution is 2.32. The number of carbonyl (C=O) groups excluding carboxylic acids is 2. The number of nitrogens with zero attached hydrogens (tertiary/aromatic N) is 1. The molecule has 0 saturated carbocycles. The number of anilines is 2. The Balaban J connectivity index is 1.57. The summed E-state index contributed by atoms with van der Waals surface area (Å²) < 4.78 is 0. The molecule has 0 atom stereocenters. The van der Waals surface area contributed by atoms with Gasteiger partial charge in [0.25, 0.3) is 5.91 Å². The van der Waals surface area contributed by atoms with Crippen LogP contribution in [-0.2, 0) is 0 Å². The number of hydrogen-bond acceptors (Lipinski definition) is 3. The van der Waals surface area contributed by atoms with Crippen LogP contribution in [0.5, 0.6) is 0 Å². The lowest BCUT2D eigenvalue weighted by Crippen LogP contribution is -2.19.